The van der Waals surface area contributed by atoms with Gasteiger partial charge in [-0.2, -0.15) is 0 Å². The average molecular weight is 380 g/mol. The minimum absolute atomic E-state index is 0.195. The van der Waals surface area contributed by atoms with E-state index in [0.717, 1.165) is 32.2 Å². The van der Waals surface area contributed by atoms with E-state index in [4.69, 9.17) is 16.3 Å². The van der Waals surface area contributed by atoms with Gasteiger partial charge in [-0.15, -0.1) is 0 Å². The van der Waals surface area contributed by atoms with Crippen molar-refractivity contribution in [2.45, 2.75) is 57.7 Å². The van der Waals surface area contributed by atoms with Crippen molar-refractivity contribution in [3.05, 3.63) is 22.7 Å². The van der Waals surface area contributed by atoms with Crippen LogP contribution in [0.1, 0.15) is 56.3 Å². The highest BCUT2D eigenvalue weighted by molar-refractivity contribution is 6.34. The molecule has 26 heavy (non-hydrogen) atoms. The monoisotopic (exact) mass is 379 g/mol. The summed E-state index contributed by atoms with van der Waals surface area (Å²) < 4.78 is 5.38. The Labute approximate surface area is 159 Å². The highest BCUT2D eigenvalue weighted by Crippen LogP contribution is 2.42. The van der Waals surface area contributed by atoms with Gasteiger partial charge in [0.15, 0.2) is 0 Å². The zero-order valence-electron chi connectivity index (χ0n) is 15.5. The summed E-state index contributed by atoms with van der Waals surface area (Å²) in [5.74, 6) is -0.0394. The van der Waals surface area contributed by atoms with Crippen molar-refractivity contribution in [1.82, 2.24) is 10.2 Å². The molecule has 6 nitrogen and oxygen atoms in total. The topological polar surface area (TPSA) is 70.7 Å². The number of hydrogen-bond donors (Lipinski definition) is 2. The molecule has 0 aromatic heterocycles. The first-order valence-corrected chi connectivity index (χ1v) is 9.52. The SMILES string of the molecule is CCN1C2CCCC1(NC(=O)c1cc(Cl)c(NC(C)=O)cc1OC)CC2. The van der Waals surface area contributed by atoms with Gasteiger partial charge in [0.05, 0.1) is 29.0 Å². The van der Waals surface area contributed by atoms with Crippen LogP contribution in [0.3, 0.4) is 0 Å². The molecule has 0 aliphatic carbocycles. The van der Waals surface area contributed by atoms with E-state index in [-0.39, 0.29) is 17.5 Å². The van der Waals surface area contributed by atoms with Crippen LogP contribution in [-0.2, 0) is 4.79 Å². The average Bonchev–Trinajstić information content (AvgIpc) is 2.79. The highest BCUT2D eigenvalue weighted by Gasteiger charge is 2.48. The summed E-state index contributed by atoms with van der Waals surface area (Å²) in [4.78, 5) is 26.8. The molecule has 2 saturated heterocycles. The first-order chi connectivity index (χ1) is 12.4. The summed E-state index contributed by atoms with van der Waals surface area (Å²) in [6, 6.07) is 3.71. The van der Waals surface area contributed by atoms with E-state index in [9.17, 15) is 9.59 Å². The van der Waals surface area contributed by atoms with Crippen LogP contribution in [0.5, 0.6) is 5.75 Å². The van der Waals surface area contributed by atoms with Gasteiger partial charge in [0.1, 0.15) is 5.75 Å². The molecule has 7 heteroatoms. The van der Waals surface area contributed by atoms with E-state index in [2.05, 4.69) is 22.5 Å². The summed E-state index contributed by atoms with van der Waals surface area (Å²) in [6.45, 7) is 4.47. The molecule has 0 saturated carbocycles. The van der Waals surface area contributed by atoms with Crippen LogP contribution in [0, 0.1) is 0 Å². The molecule has 2 aliphatic heterocycles. The molecule has 2 atom stereocenters. The molecule has 2 aliphatic rings. The first kappa shape index (κ1) is 19.0. The van der Waals surface area contributed by atoms with Crippen molar-refractivity contribution in [2.24, 2.45) is 0 Å². The Morgan fingerprint density at radius 2 is 2.12 bits per heavy atom. The van der Waals surface area contributed by atoms with Crippen LogP contribution in [0.25, 0.3) is 0 Å². The number of carbonyl (C=O) groups excluding carboxylic acids is 2. The van der Waals surface area contributed by atoms with Gasteiger partial charge in [-0.05, 0) is 44.7 Å². The molecule has 142 valence electrons. The van der Waals surface area contributed by atoms with Crippen LogP contribution in [0.2, 0.25) is 5.02 Å². The van der Waals surface area contributed by atoms with Crippen LogP contribution in [0.4, 0.5) is 5.69 Å². The quantitative estimate of drug-likeness (QED) is 0.822. The molecular weight excluding hydrogens is 354 g/mol. The molecule has 0 radical (unpaired) electrons. The largest absolute Gasteiger partial charge is 0.496 e. The fourth-order valence-electron chi connectivity index (χ4n) is 4.47. The second-order valence-corrected chi connectivity index (χ2v) is 7.48. The highest BCUT2D eigenvalue weighted by atomic mass is 35.5. The van der Waals surface area contributed by atoms with Gasteiger partial charge in [-0.1, -0.05) is 18.5 Å². The second-order valence-electron chi connectivity index (χ2n) is 7.07. The molecule has 2 bridgehead atoms. The summed E-state index contributed by atoms with van der Waals surface area (Å²) >= 11 is 6.26. The number of carbonyl (C=O) groups is 2. The van der Waals surface area contributed by atoms with E-state index < -0.39 is 0 Å². The smallest absolute Gasteiger partial charge is 0.256 e. The molecule has 3 rings (SSSR count). The Kier molecular flexibility index (Phi) is 5.44. The lowest BCUT2D eigenvalue weighted by Crippen LogP contribution is -2.60. The van der Waals surface area contributed by atoms with Gasteiger partial charge in [-0.3, -0.25) is 14.5 Å². The Balaban J connectivity index is 1.88. The van der Waals surface area contributed by atoms with Gasteiger partial charge < -0.3 is 15.4 Å². The number of piperidine rings is 1. The number of fused-ring (bicyclic) bond motifs is 2. The maximum Gasteiger partial charge on any atom is 0.256 e. The zero-order valence-corrected chi connectivity index (χ0v) is 16.3. The Hall–Kier alpha value is -1.79. The number of methoxy groups -OCH3 is 1. The van der Waals surface area contributed by atoms with E-state index in [1.165, 1.54) is 20.5 Å². The molecule has 2 N–H and O–H groups in total. The van der Waals surface area contributed by atoms with Crippen molar-refractivity contribution in [1.29, 1.82) is 0 Å². The number of hydrogen-bond acceptors (Lipinski definition) is 4. The number of anilines is 1. The van der Waals surface area contributed by atoms with Crippen LogP contribution in [0.15, 0.2) is 12.1 Å². The van der Waals surface area contributed by atoms with E-state index in [1.807, 2.05) is 0 Å². The number of amides is 2. The van der Waals surface area contributed by atoms with Crippen molar-refractivity contribution in [3.63, 3.8) is 0 Å². The third-order valence-electron chi connectivity index (χ3n) is 5.54. The molecule has 1 aromatic carbocycles. The van der Waals surface area contributed by atoms with Gasteiger partial charge >= 0.3 is 0 Å². The minimum Gasteiger partial charge on any atom is -0.496 e. The van der Waals surface area contributed by atoms with Crippen molar-refractivity contribution in [2.75, 3.05) is 19.0 Å². The third-order valence-corrected chi connectivity index (χ3v) is 5.85. The zero-order chi connectivity index (χ0) is 18.9. The van der Waals surface area contributed by atoms with E-state index in [0.29, 0.717) is 28.1 Å². The lowest BCUT2D eigenvalue weighted by molar-refractivity contribution is -0.114. The van der Waals surface area contributed by atoms with Crippen LogP contribution < -0.4 is 15.4 Å². The van der Waals surface area contributed by atoms with Gasteiger partial charge in [0, 0.05) is 19.0 Å². The number of nitrogens with one attached hydrogen (secondary N) is 2. The fourth-order valence-corrected chi connectivity index (χ4v) is 4.69. The summed E-state index contributed by atoms with van der Waals surface area (Å²) in [7, 11) is 1.50. The van der Waals surface area contributed by atoms with Crippen LogP contribution in [-0.4, -0.2) is 42.1 Å². The van der Waals surface area contributed by atoms with E-state index in [1.54, 1.807) is 12.1 Å². The first-order valence-electron chi connectivity index (χ1n) is 9.14. The summed E-state index contributed by atoms with van der Waals surface area (Å²) in [6.07, 6.45) is 5.38. The number of nitrogens with zero attached hydrogens (tertiary/aromatic N) is 1. The molecule has 0 spiro atoms. The van der Waals surface area contributed by atoms with E-state index >= 15 is 0 Å². The number of halogens is 1. The molecule has 2 fully saturated rings. The second kappa shape index (κ2) is 7.45. The molecule has 2 unspecified atom stereocenters. The number of ether oxygens (including phenoxy) is 1. The molecule has 1 aromatic rings. The lowest BCUT2D eigenvalue weighted by atomic mass is 9.96. The predicted molar refractivity (Wildman–Crippen MR) is 102 cm³/mol. The Morgan fingerprint density at radius 3 is 2.77 bits per heavy atom. The Morgan fingerprint density at radius 1 is 1.35 bits per heavy atom. The molecule has 2 amide bonds. The normalized spacial score (nSPS) is 25.0. The maximum atomic E-state index is 13.1. The predicted octanol–water partition coefficient (Wildman–Crippen LogP) is 3.40. The fraction of sp³-hybridized carbons (Fsp3) is 0.579. The summed E-state index contributed by atoms with van der Waals surface area (Å²) in [5.41, 5.74) is 0.535. The van der Waals surface area contributed by atoms with Crippen molar-refractivity contribution >= 4 is 29.1 Å². The van der Waals surface area contributed by atoms with Crippen molar-refractivity contribution in [3.8, 4) is 5.75 Å². The minimum atomic E-state index is -0.275. The van der Waals surface area contributed by atoms with Crippen LogP contribution >= 0.6 is 11.6 Å². The summed E-state index contributed by atoms with van der Waals surface area (Å²) in [5, 5.41) is 6.22. The van der Waals surface area contributed by atoms with Gasteiger partial charge in [0.2, 0.25) is 5.91 Å². The molecule has 2 heterocycles. The van der Waals surface area contributed by atoms with Gasteiger partial charge in [0.25, 0.3) is 5.91 Å². The van der Waals surface area contributed by atoms with Gasteiger partial charge in [-0.25, -0.2) is 0 Å². The molecular formula is C19H26ClN3O3. The Bertz CT molecular complexity index is 720. The standard InChI is InChI=1S/C19H26ClN3O3/c1-4-23-13-6-5-8-19(23,9-7-13)22-18(25)14-10-15(20)16(21-12(2)24)11-17(14)26-3/h10-11,13H,4-9H2,1-3H3,(H,21,24)(H,22,25). The number of benzene rings is 1. The lowest BCUT2D eigenvalue weighted by Gasteiger charge is -2.45. The maximum absolute atomic E-state index is 13.1. The van der Waals surface area contributed by atoms with Crippen molar-refractivity contribution < 1.29 is 14.3 Å². The third kappa shape index (κ3) is 3.40. The number of rotatable bonds is 5.